The van der Waals surface area contributed by atoms with Gasteiger partial charge in [-0.3, -0.25) is 15.0 Å². The number of ether oxygens (including phenoxy) is 6. The Morgan fingerprint density at radius 2 is 1.56 bits per heavy atom. The van der Waals surface area contributed by atoms with Crippen LogP contribution < -0.4 is 23.7 Å². The van der Waals surface area contributed by atoms with Gasteiger partial charge in [0.25, 0.3) is 5.69 Å². The summed E-state index contributed by atoms with van der Waals surface area (Å²) in [5.74, 6) is 0.447. The first-order chi connectivity index (χ1) is 34.7. The third-order valence-corrected chi connectivity index (χ3v) is 13.8. The molecule has 4 aliphatic rings. The molecule has 5 aromatic carbocycles. The van der Waals surface area contributed by atoms with Crippen LogP contribution in [-0.4, -0.2) is 76.9 Å². The van der Waals surface area contributed by atoms with E-state index in [9.17, 15) is 20.3 Å². The summed E-state index contributed by atoms with van der Waals surface area (Å²) >= 11 is 0. The number of aliphatic hydroxyl groups is 2. The minimum Gasteiger partial charge on any atom is -0.459 e. The summed E-state index contributed by atoms with van der Waals surface area (Å²) in [4.78, 5) is 33.7. The molecule has 1 amide bonds. The quantitative estimate of drug-likeness (QED) is 0.0308. The molecule has 2 heterocycles. The molecule has 71 heavy (non-hydrogen) atoms. The number of allylic oxidation sites excluding steroid dienone is 1. The number of amides is 1. The average Bonchev–Trinajstić information content (AvgIpc) is 3.87. The summed E-state index contributed by atoms with van der Waals surface area (Å²) in [6, 6.07) is 33.8. The third kappa shape index (κ3) is 10.5. The van der Waals surface area contributed by atoms with Crippen molar-refractivity contribution in [3.8, 4) is 45.6 Å². The van der Waals surface area contributed by atoms with Crippen molar-refractivity contribution >= 4 is 17.5 Å². The number of fused-ring (bicyclic) bond motifs is 3. The van der Waals surface area contributed by atoms with Gasteiger partial charge in [0.15, 0.2) is 11.5 Å². The number of nitro groups is 1. The summed E-state index contributed by atoms with van der Waals surface area (Å²) in [6.07, 6.45) is 7.56. The van der Waals surface area contributed by atoms with Gasteiger partial charge in [0.05, 0.1) is 23.2 Å². The molecule has 1 saturated carbocycles. The van der Waals surface area contributed by atoms with Gasteiger partial charge in [0.2, 0.25) is 12.6 Å². The first kappa shape index (κ1) is 48.8. The lowest BCUT2D eigenvalue weighted by molar-refractivity contribution is -0.384. The van der Waals surface area contributed by atoms with Crippen molar-refractivity contribution in [3.05, 3.63) is 161 Å². The number of nitro benzene ring substituents is 1. The molecular formula is C56H59N3O12. The minimum absolute atomic E-state index is 0.00914. The van der Waals surface area contributed by atoms with Crippen molar-refractivity contribution in [1.82, 2.24) is 4.90 Å². The maximum atomic E-state index is 15.2. The summed E-state index contributed by atoms with van der Waals surface area (Å²) < 4.78 is 38.8. The molecule has 1 fully saturated rings. The molecule has 0 radical (unpaired) electrons. The van der Waals surface area contributed by atoms with Crippen molar-refractivity contribution in [2.75, 3.05) is 33.2 Å². The monoisotopic (exact) mass is 965 g/mol. The van der Waals surface area contributed by atoms with E-state index < -0.39 is 28.8 Å². The number of hydrogen-bond acceptors (Lipinski definition) is 13. The standard InChI is InChI=1S/C56H59N3O12/c1-3-30-67-56-52(58(35-37-16-26-50-51(31-37)66-36-65-50)55(62)70-43-23-19-41(20-24-43)59(63)64)34-48(57-68-4-2)46-32-40(14-8-10-28-60)45(15-9-11-29-61)53(54(46)56)47-33-44(25-27-49(47)71-56)69-42-21-17-39(18-22-42)38-12-6-5-7-13-38/h3,5-7,12-13,16-27,31-33,40,45,52-54,60-61H,1,4,8-11,14-15,28-30,34-36H2,2H3/t40-,45+,52-,53+,54+,56+/m0/s1. The van der Waals surface area contributed by atoms with Gasteiger partial charge in [-0.15, -0.1) is 6.58 Å². The number of carbonyl (C=O) groups is 1. The van der Waals surface area contributed by atoms with Crippen molar-refractivity contribution in [3.63, 3.8) is 0 Å². The Kier molecular flexibility index (Phi) is 15.3. The Labute approximate surface area is 413 Å². The first-order valence-corrected chi connectivity index (χ1v) is 24.4. The molecule has 0 bridgehead atoms. The van der Waals surface area contributed by atoms with Crippen LogP contribution in [0.15, 0.2) is 145 Å². The highest BCUT2D eigenvalue weighted by Crippen LogP contribution is 2.62. The van der Waals surface area contributed by atoms with Crippen LogP contribution in [0.1, 0.15) is 68.9 Å². The molecule has 0 saturated heterocycles. The van der Waals surface area contributed by atoms with Gasteiger partial charge in [-0.25, -0.2) is 4.79 Å². The van der Waals surface area contributed by atoms with Crippen molar-refractivity contribution < 1.29 is 53.2 Å². The summed E-state index contributed by atoms with van der Waals surface area (Å²) in [5, 5.41) is 36.5. The molecule has 6 atom stereocenters. The Balaban J connectivity index is 1.21. The maximum Gasteiger partial charge on any atom is 0.416 e. The molecule has 9 rings (SSSR count). The predicted octanol–water partition coefficient (Wildman–Crippen LogP) is 11.1. The zero-order valence-corrected chi connectivity index (χ0v) is 39.7. The van der Waals surface area contributed by atoms with E-state index in [1.165, 1.54) is 24.3 Å². The molecule has 0 spiro atoms. The fourth-order valence-electron chi connectivity index (χ4n) is 10.7. The van der Waals surface area contributed by atoms with Crippen LogP contribution in [-0.2, 0) is 16.1 Å². The van der Waals surface area contributed by atoms with Gasteiger partial charge in [-0.05, 0) is 121 Å². The molecular weight excluding hydrogens is 907 g/mol. The van der Waals surface area contributed by atoms with E-state index in [1.54, 1.807) is 17.0 Å². The Bertz CT molecular complexity index is 2730. The number of rotatable bonds is 21. The van der Waals surface area contributed by atoms with E-state index in [4.69, 9.17) is 38.4 Å². The van der Waals surface area contributed by atoms with E-state index in [0.717, 1.165) is 47.9 Å². The van der Waals surface area contributed by atoms with Crippen LogP contribution in [0, 0.1) is 27.9 Å². The van der Waals surface area contributed by atoms with E-state index in [-0.39, 0.29) is 75.4 Å². The zero-order valence-electron chi connectivity index (χ0n) is 39.7. The fourth-order valence-corrected chi connectivity index (χ4v) is 10.7. The highest BCUT2D eigenvalue weighted by atomic mass is 16.7. The van der Waals surface area contributed by atoms with Crippen molar-refractivity contribution in [2.45, 2.75) is 76.2 Å². The molecule has 5 aromatic rings. The minimum atomic E-state index is -1.60. The van der Waals surface area contributed by atoms with Crippen molar-refractivity contribution in [1.29, 1.82) is 0 Å². The molecule has 2 N–H and O–H groups in total. The zero-order chi connectivity index (χ0) is 49.3. The second-order valence-corrected chi connectivity index (χ2v) is 18.1. The SMILES string of the molecule is C=CCO[C@@]12Oc3ccc(Oc4ccc(-c5ccccc5)cc4)cc3[C@H]3[C@H](CCCCO)[C@@H](CCCCO)C=C(C(=NOCC)C[C@@H]1N(Cc1ccc4c(c1)OCO4)C(=O)Oc1ccc([N+](=O)[O-])cc1)[C@H]32. The fraction of sp³-hybridized carbons (Fsp3) is 0.357. The number of oxime groups is 1. The van der Waals surface area contributed by atoms with Gasteiger partial charge in [0.1, 0.15) is 35.6 Å². The second kappa shape index (κ2) is 22.3. The normalized spacial score (nSPS) is 22.0. The topological polar surface area (TPSA) is 181 Å². The molecule has 2 aliphatic carbocycles. The molecule has 0 unspecified atom stereocenters. The number of carbonyl (C=O) groups excluding carboxylic acids is 1. The second-order valence-electron chi connectivity index (χ2n) is 18.1. The van der Waals surface area contributed by atoms with Gasteiger partial charge in [0, 0.05) is 49.8 Å². The third-order valence-electron chi connectivity index (χ3n) is 13.8. The smallest absolute Gasteiger partial charge is 0.416 e. The van der Waals surface area contributed by atoms with Gasteiger partial charge in [-0.1, -0.05) is 78.7 Å². The lowest BCUT2D eigenvalue weighted by atomic mass is 9.55. The summed E-state index contributed by atoms with van der Waals surface area (Å²) in [6.45, 7) is 6.40. The first-order valence-electron chi connectivity index (χ1n) is 24.4. The van der Waals surface area contributed by atoms with Crippen LogP contribution in [0.5, 0.6) is 34.5 Å². The molecule has 370 valence electrons. The van der Waals surface area contributed by atoms with Crippen LogP contribution >= 0.6 is 0 Å². The molecule has 0 aromatic heterocycles. The lowest BCUT2D eigenvalue weighted by Crippen LogP contribution is -2.70. The van der Waals surface area contributed by atoms with Crippen LogP contribution in [0.4, 0.5) is 10.5 Å². The van der Waals surface area contributed by atoms with Gasteiger partial charge < -0.3 is 43.5 Å². The highest BCUT2D eigenvalue weighted by Gasteiger charge is 2.66. The maximum absolute atomic E-state index is 15.2. The summed E-state index contributed by atoms with van der Waals surface area (Å²) in [5.41, 5.74) is 5.08. The Hall–Kier alpha value is -7.20. The lowest BCUT2D eigenvalue weighted by Gasteiger charge is -2.59. The van der Waals surface area contributed by atoms with Crippen LogP contribution in [0.25, 0.3) is 11.1 Å². The number of aliphatic hydroxyl groups excluding tert-OH is 2. The van der Waals surface area contributed by atoms with Crippen LogP contribution in [0.3, 0.4) is 0 Å². The van der Waals surface area contributed by atoms with E-state index in [1.807, 2.05) is 79.7 Å². The van der Waals surface area contributed by atoms with Crippen molar-refractivity contribution in [2.24, 2.45) is 22.9 Å². The molecule has 15 nitrogen and oxygen atoms in total. The number of unbranched alkanes of at least 4 members (excludes halogenated alkanes) is 2. The highest BCUT2D eigenvalue weighted by molar-refractivity contribution is 6.03. The number of nitrogens with zero attached hydrogens (tertiary/aromatic N) is 3. The van der Waals surface area contributed by atoms with Gasteiger partial charge >= 0.3 is 6.09 Å². The molecule has 2 aliphatic heterocycles. The predicted molar refractivity (Wildman–Crippen MR) is 266 cm³/mol. The van der Waals surface area contributed by atoms with E-state index in [0.29, 0.717) is 52.9 Å². The van der Waals surface area contributed by atoms with Crippen LogP contribution in [0.2, 0.25) is 0 Å². The number of non-ortho nitro benzene ring substituents is 1. The van der Waals surface area contributed by atoms with E-state index in [2.05, 4.69) is 24.8 Å². The Morgan fingerprint density at radius 3 is 2.30 bits per heavy atom. The summed E-state index contributed by atoms with van der Waals surface area (Å²) in [7, 11) is 0. The molecule has 15 heteroatoms. The Morgan fingerprint density at radius 1 is 0.859 bits per heavy atom. The van der Waals surface area contributed by atoms with Gasteiger partial charge in [-0.2, -0.15) is 0 Å². The van der Waals surface area contributed by atoms with E-state index >= 15 is 4.79 Å². The average molecular weight is 966 g/mol. The number of benzene rings is 5. The largest absolute Gasteiger partial charge is 0.459 e. The number of hydrogen-bond donors (Lipinski definition) is 2.